The summed E-state index contributed by atoms with van der Waals surface area (Å²) in [4.78, 5) is 0. The minimum atomic E-state index is -0.929. The van der Waals surface area contributed by atoms with E-state index in [1.54, 1.807) is 0 Å². The fraction of sp³-hybridized carbons (Fsp3) is 0.333. The van der Waals surface area contributed by atoms with Crippen LogP contribution in [-0.2, 0) is 0 Å². The molecule has 4 heteroatoms. The van der Waals surface area contributed by atoms with Crippen molar-refractivity contribution < 1.29 is 13.5 Å². The van der Waals surface area contributed by atoms with Gasteiger partial charge in [0.25, 0.3) is 0 Å². The van der Waals surface area contributed by atoms with E-state index in [1.807, 2.05) is 0 Å². The van der Waals surface area contributed by atoms with Crippen molar-refractivity contribution >= 4 is 12.6 Å². The van der Waals surface area contributed by atoms with Gasteiger partial charge < -0.3 is 4.74 Å². The number of hydrogen-bond acceptors (Lipinski definition) is 2. The lowest BCUT2D eigenvalue weighted by molar-refractivity contribution is 0.296. The Morgan fingerprint density at radius 2 is 2.08 bits per heavy atom. The van der Waals surface area contributed by atoms with Crippen LogP contribution in [0.15, 0.2) is 18.2 Å². The van der Waals surface area contributed by atoms with Gasteiger partial charge in [0.15, 0.2) is 11.6 Å². The van der Waals surface area contributed by atoms with Gasteiger partial charge in [0, 0.05) is 0 Å². The molecular weight excluding hydrogens is 194 g/mol. The summed E-state index contributed by atoms with van der Waals surface area (Å²) in [6.45, 7) is 0.351. The van der Waals surface area contributed by atoms with Crippen LogP contribution in [0, 0.1) is 11.6 Å². The minimum absolute atomic E-state index is 0.0400. The number of thiol groups is 1. The molecule has 0 aliphatic heterocycles. The first-order chi connectivity index (χ1) is 6.25. The molecule has 0 amide bonds. The molecule has 0 saturated heterocycles. The van der Waals surface area contributed by atoms with Crippen LogP contribution in [0.4, 0.5) is 8.78 Å². The van der Waals surface area contributed by atoms with Crippen LogP contribution in [0.25, 0.3) is 0 Å². The van der Waals surface area contributed by atoms with Crippen molar-refractivity contribution in [3.05, 3.63) is 29.8 Å². The Kier molecular flexibility index (Phi) is 4.02. The molecule has 0 aliphatic rings. The highest BCUT2D eigenvalue weighted by atomic mass is 32.1. The van der Waals surface area contributed by atoms with Crippen LogP contribution in [0.2, 0.25) is 0 Å². The monoisotopic (exact) mass is 204 g/mol. The minimum Gasteiger partial charge on any atom is -0.490 e. The molecule has 0 heterocycles. The maximum atomic E-state index is 12.9. The van der Waals surface area contributed by atoms with Gasteiger partial charge >= 0.3 is 0 Å². The van der Waals surface area contributed by atoms with E-state index in [4.69, 9.17) is 4.74 Å². The summed E-state index contributed by atoms with van der Waals surface area (Å²) in [5.41, 5.74) is 0. The van der Waals surface area contributed by atoms with Crippen LogP contribution in [0.5, 0.6) is 5.75 Å². The number of rotatable bonds is 4. The molecule has 1 aromatic carbocycles. The standard InChI is InChI=1S/C9H10F2OS/c10-7-3-1-4-8(9(7)11)12-5-2-6-13/h1,3-4,13H,2,5-6H2. The highest BCUT2D eigenvalue weighted by molar-refractivity contribution is 7.80. The van der Waals surface area contributed by atoms with E-state index in [0.717, 1.165) is 6.07 Å². The van der Waals surface area contributed by atoms with Crippen LogP contribution in [-0.4, -0.2) is 12.4 Å². The predicted octanol–water partition coefficient (Wildman–Crippen LogP) is 2.66. The first kappa shape index (κ1) is 10.3. The Morgan fingerprint density at radius 1 is 1.31 bits per heavy atom. The lowest BCUT2D eigenvalue weighted by Gasteiger charge is -2.05. The molecule has 0 N–H and O–H groups in total. The molecule has 0 radical (unpaired) electrons. The average Bonchev–Trinajstić information content (AvgIpc) is 2.13. The van der Waals surface area contributed by atoms with Crippen LogP contribution >= 0.6 is 12.6 Å². The van der Waals surface area contributed by atoms with Crippen molar-refractivity contribution in [1.82, 2.24) is 0 Å². The maximum absolute atomic E-state index is 12.9. The Bertz CT molecular complexity index is 278. The van der Waals surface area contributed by atoms with Crippen molar-refractivity contribution in [3.8, 4) is 5.75 Å². The molecular formula is C9H10F2OS. The second-order valence-corrected chi connectivity index (χ2v) is 2.92. The molecule has 1 aromatic rings. The number of benzene rings is 1. The molecule has 0 aromatic heterocycles. The maximum Gasteiger partial charge on any atom is 0.200 e. The van der Waals surface area contributed by atoms with Gasteiger partial charge in [0.05, 0.1) is 6.61 Å². The molecule has 1 nitrogen and oxygen atoms in total. The molecule has 0 spiro atoms. The predicted molar refractivity (Wildman–Crippen MR) is 50.3 cm³/mol. The highest BCUT2D eigenvalue weighted by Crippen LogP contribution is 2.18. The molecule has 0 saturated carbocycles. The molecule has 0 atom stereocenters. The number of halogens is 2. The normalized spacial score (nSPS) is 10.1. The highest BCUT2D eigenvalue weighted by Gasteiger charge is 2.07. The Hall–Kier alpha value is -0.770. The van der Waals surface area contributed by atoms with Gasteiger partial charge in [-0.3, -0.25) is 0 Å². The number of hydrogen-bond donors (Lipinski definition) is 1. The molecule has 0 fully saturated rings. The third-order valence-electron chi connectivity index (χ3n) is 1.48. The lowest BCUT2D eigenvalue weighted by atomic mass is 10.3. The van der Waals surface area contributed by atoms with Gasteiger partial charge in [-0.15, -0.1) is 0 Å². The fourth-order valence-corrected chi connectivity index (χ4v) is 0.971. The zero-order valence-corrected chi connectivity index (χ0v) is 7.86. The van der Waals surface area contributed by atoms with E-state index in [2.05, 4.69) is 12.6 Å². The Morgan fingerprint density at radius 3 is 2.77 bits per heavy atom. The van der Waals surface area contributed by atoms with Crippen molar-refractivity contribution in [1.29, 1.82) is 0 Å². The van der Waals surface area contributed by atoms with Gasteiger partial charge in [-0.1, -0.05) is 6.07 Å². The zero-order valence-electron chi connectivity index (χ0n) is 6.96. The summed E-state index contributed by atoms with van der Waals surface area (Å²) in [6.07, 6.45) is 0.707. The van der Waals surface area contributed by atoms with Gasteiger partial charge in [-0.2, -0.15) is 17.0 Å². The second-order valence-electron chi connectivity index (χ2n) is 2.48. The van der Waals surface area contributed by atoms with Gasteiger partial charge in [0.2, 0.25) is 5.82 Å². The van der Waals surface area contributed by atoms with Gasteiger partial charge in [-0.05, 0) is 24.3 Å². The number of ether oxygens (including phenoxy) is 1. The quantitative estimate of drug-likeness (QED) is 0.586. The van der Waals surface area contributed by atoms with Crippen LogP contribution < -0.4 is 4.74 Å². The largest absolute Gasteiger partial charge is 0.490 e. The van der Waals surface area contributed by atoms with E-state index in [0.29, 0.717) is 18.8 Å². The summed E-state index contributed by atoms with van der Waals surface area (Å²) in [6, 6.07) is 3.87. The van der Waals surface area contributed by atoms with Gasteiger partial charge in [0.1, 0.15) is 0 Å². The molecule has 13 heavy (non-hydrogen) atoms. The van der Waals surface area contributed by atoms with Crippen LogP contribution in [0.3, 0.4) is 0 Å². The molecule has 0 bridgehead atoms. The van der Waals surface area contributed by atoms with E-state index < -0.39 is 11.6 Å². The third kappa shape index (κ3) is 2.88. The first-order valence-corrected chi connectivity index (χ1v) is 4.56. The lowest BCUT2D eigenvalue weighted by Crippen LogP contribution is -2.00. The second kappa shape index (κ2) is 5.07. The summed E-state index contributed by atoms with van der Waals surface area (Å²) >= 11 is 3.97. The molecule has 1 rings (SSSR count). The molecule has 72 valence electrons. The van der Waals surface area contributed by atoms with Crippen molar-refractivity contribution in [2.75, 3.05) is 12.4 Å². The average molecular weight is 204 g/mol. The summed E-state index contributed by atoms with van der Waals surface area (Å²) in [5.74, 6) is -1.19. The third-order valence-corrected chi connectivity index (χ3v) is 1.79. The summed E-state index contributed by atoms with van der Waals surface area (Å²) < 4.78 is 30.5. The van der Waals surface area contributed by atoms with E-state index in [1.165, 1.54) is 12.1 Å². The Balaban J connectivity index is 2.61. The van der Waals surface area contributed by atoms with Crippen molar-refractivity contribution in [3.63, 3.8) is 0 Å². The zero-order chi connectivity index (χ0) is 9.68. The van der Waals surface area contributed by atoms with Crippen LogP contribution in [0.1, 0.15) is 6.42 Å². The van der Waals surface area contributed by atoms with Gasteiger partial charge in [-0.25, -0.2) is 4.39 Å². The Labute approximate surface area is 81.1 Å². The topological polar surface area (TPSA) is 9.23 Å². The fourth-order valence-electron chi connectivity index (χ4n) is 0.842. The molecule has 0 aliphatic carbocycles. The van der Waals surface area contributed by atoms with E-state index in [-0.39, 0.29) is 5.75 Å². The first-order valence-electron chi connectivity index (χ1n) is 3.93. The van der Waals surface area contributed by atoms with Crippen molar-refractivity contribution in [2.24, 2.45) is 0 Å². The SMILES string of the molecule is Fc1cccc(OCCCS)c1F. The summed E-state index contributed by atoms with van der Waals surface area (Å²) in [5, 5.41) is 0. The summed E-state index contributed by atoms with van der Waals surface area (Å²) in [7, 11) is 0. The smallest absolute Gasteiger partial charge is 0.200 e. The van der Waals surface area contributed by atoms with Crippen molar-refractivity contribution in [2.45, 2.75) is 6.42 Å². The molecule has 0 unspecified atom stereocenters. The van der Waals surface area contributed by atoms with E-state index in [9.17, 15) is 8.78 Å². The van der Waals surface area contributed by atoms with E-state index >= 15 is 0 Å².